The number of aromatic nitrogens is 6. The summed E-state index contributed by atoms with van der Waals surface area (Å²) in [5.41, 5.74) is 5.94. The number of rotatable bonds is 8. The summed E-state index contributed by atoms with van der Waals surface area (Å²) in [7, 11) is 0. The number of carbonyl (C=O) groups excluding carboxylic acids is 1. The van der Waals surface area contributed by atoms with Crippen LogP contribution in [0.4, 0.5) is 0 Å². The molecule has 186 valence electrons. The number of aromatic amines is 1. The molecule has 0 radical (unpaired) electrons. The number of H-pyrrole nitrogens is 1. The van der Waals surface area contributed by atoms with Gasteiger partial charge in [0.15, 0.2) is 5.78 Å². The van der Waals surface area contributed by atoms with Crippen molar-refractivity contribution in [3.63, 3.8) is 0 Å². The van der Waals surface area contributed by atoms with Crippen molar-refractivity contribution in [1.29, 1.82) is 0 Å². The fourth-order valence-corrected chi connectivity index (χ4v) is 5.40. The van der Waals surface area contributed by atoms with Gasteiger partial charge in [-0.1, -0.05) is 61.9 Å². The minimum absolute atomic E-state index is 0.0473. The number of tetrazole rings is 1. The van der Waals surface area contributed by atoms with E-state index in [1.165, 1.54) is 0 Å². The lowest BCUT2D eigenvalue weighted by Gasteiger charge is -2.31. The third-order valence-electron chi connectivity index (χ3n) is 7.29. The highest BCUT2D eigenvalue weighted by Gasteiger charge is 2.33. The zero-order valence-electron chi connectivity index (χ0n) is 21.1. The molecule has 0 aliphatic carbocycles. The van der Waals surface area contributed by atoms with Crippen molar-refractivity contribution in [3.05, 3.63) is 75.7 Å². The van der Waals surface area contributed by atoms with Crippen LogP contribution in [0.1, 0.15) is 75.4 Å². The third-order valence-corrected chi connectivity index (χ3v) is 7.29. The molecule has 36 heavy (non-hydrogen) atoms. The molecule has 8 heteroatoms. The van der Waals surface area contributed by atoms with Gasteiger partial charge in [0.2, 0.25) is 5.82 Å². The third kappa shape index (κ3) is 4.32. The summed E-state index contributed by atoms with van der Waals surface area (Å²) >= 11 is 0. The predicted molar refractivity (Wildman–Crippen MR) is 139 cm³/mol. The molecule has 2 aromatic carbocycles. The number of hydrogen-bond acceptors (Lipinski definition) is 5. The van der Waals surface area contributed by atoms with Crippen LogP contribution >= 0.6 is 0 Å². The van der Waals surface area contributed by atoms with Gasteiger partial charge in [0.25, 0.3) is 5.56 Å². The van der Waals surface area contributed by atoms with E-state index < -0.39 is 0 Å². The molecule has 4 aromatic rings. The van der Waals surface area contributed by atoms with Gasteiger partial charge < -0.3 is 0 Å². The first-order valence-electron chi connectivity index (χ1n) is 12.8. The van der Waals surface area contributed by atoms with Crippen LogP contribution in [0.25, 0.3) is 22.5 Å². The van der Waals surface area contributed by atoms with E-state index in [1.54, 1.807) is 6.92 Å². The van der Waals surface area contributed by atoms with Crippen molar-refractivity contribution in [2.75, 3.05) is 0 Å². The SMILES string of the molecule is CCCCc1c(Cc2ccc(-c3ccccc3-c3nn[nH]n3)cc2)c(=O)n2n1C(C(C)=O)CCC2C. The van der Waals surface area contributed by atoms with E-state index >= 15 is 0 Å². The summed E-state index contributed by atoms with van der Waals surface area (Å²) < 4.78 is 3.89. The van der Waals surface area contributed by atoms with Crippen molar-refractivity contribution in [2.45, 2.75) is 71.4 Å². The Morgan fingerprint density at radius 1 is 1.06 bits per heavy atom. The average molecular weight is 485 g/mol. The summed E-state index contributed by atoms with van der Waals surface area (Å²) in [6.45, 7) is 5.88. The molecule has 1 N–H and O–H groups in total. The first-order valence-corrected chi connectivity index (χ1v) is 12.8. The second-order valence-corrected chi connectivity index (χ2v) is 9.73. The molecule has 0 bridgehead atoms. The highest BCUT2D eigenvalue weighted by Crippen LogP contribution is 2.33. The second-order valence-electron chi connectivity index (χ2n) is 9.73. The number of benzene rings is 2. The minimum Gasteiger partial charge on any atom is -0.298 e. The second kappa shape index (κ2) is 10.0. The summed E-state index contributed by atoms with van der Waals surface area (Å²) in [6.07, 6.45) is 5.01. The van der Waals surface area contributed by atoms with E-state index in [2.05, 4.69) is 58.7 Å². The van der Waals surface area contributed by atoms with Crippen molar-refractivity contribution in [1.82, 2.24) is 30.0 Å². The maximum Gasteiger partial charge on any atom is 0.270 e. The van der Waals surface area contributed by atoms with Crippen LogP contribution in [0.5, 0.6) is 0 Å². The number of carbonyl (C=O) groups is 1. The van der Waals surface area contributed by atoms with E-state index in [-0.39, 0.29) is 23.4 Å². The quantitative estimate of drug-likeness (QED) is 0.383. The van der Waals surface area contributed by atoms with Crippen molar-refractivity contribution in [3.8, 4) is 22.5 Å². The van der Waals surface area contributed by atoms with Crippen LogP contribution in [0.3, 0.4) is 0 Å². The molecule has 0 saturated carbocycles. The van der Waals surface area contributed by atoms with Gasteiger partial charge in [-0.15, -0.1) is 10.2 Å². The predicted octanol–water partition coefficient (Wildman–Crippen LogP) is 4.92. The number of hydrogen-bond donors (Lipinski definition) is 1. The van der Waals surface area contributed by atoms with E-state index in [0.717, 1.165) is 65.6 Å². The molecular weight excluding hydrogens is 452 g/mol. The first-order chi connectivity index (χ1) is 17.5. The number of nitrogens with zero attached hydrogens (tertiary/aromatic N) is 5. The molecule has 1 aliphatic heterocycles. The van der Waals surface area contributed by atoms with Crippen LogP contribution in [-0.2, 0) is 17.6 Å². The topological polar surface area (TPSA) is 98.5 Å². The van der Waals surface area contributed by atoms with E-state index in [9.17, 15) is 9.59 Å². The van der Waals surface area contributed by atoms with Gasteiger partial charge in [-0.3, -0.25) is 14.3 Å². The molecular formula is C28H32N6O2. The molecule has 5 rings (SSSR count). The molecule has 2 atom stereocenters. The monoisotopic (exact) mass is 484 g/mol. The number of unbranched alkanes of at least 4 members (excludes halogenated alkanes) is 1. The standard InChI is InChI=1S/C28H32N6O2/c1-4-5-10-26-24(28(36)33-18(2)11-16-25(19(3)35)34(26)33)17-20-12-14-21(15-13-20)22-8-6-7-9-23(22)27-29-31-32-30-27/h6-9,12-15,18,25H,4-5,10-11,16-17H2,1-3H3,(H,29,30,31,32). The molecule has 3 heterocycles. The molecule has 1 aliphatic rings. The maximum absolute atomic E-state index is 13.7. The van der Waals surface area contributed by atoms with E-state index in [0.29, 0.717) is 12.2 Å². The van der Waals surface area contributed by atoms with Crippen LogP contribution in [-0.4, -0.2) is 35.8 Å². The lowest BCUT2D eigenvalue weighted by Crippen LogP contribution is -2.36. The van der Waals surface area contributed by atoms with E-state index in [4.69, 9.17) is 0 Å². The van der Waals surface area contributed by atoms with Gasteiger partial charge in [-0.05, 0) is 61.4 Å². The summed E-state index contributed by atoms with van der Waals surface area (Å²) in [4.78, 5) is 26.2. The minimum atomic E-state index is -0.251. The van der Waals surface area contributed by atoms with E-state index in [1.807, 2.05) is 33.6 Å². The number of nitrogens with one attached hydrogen (secondary N) is 1. The lowest BCUT2D eigenvalue weighted by molar-refractivity contribution is -0.121. The molecule has 2 unspecified atom stereocenters. The fourth-order valence-electron chi connectivity index (χ4n) is 5.40. The van der Waals surface area contributed by atoms with Gasteiger partial charge in [-0.2, -0.15) is 5.21 Å². The molecule has 0 saturated heterocycles. The van der Waals surface area contributed by atoms with Gasteiger partial charge in [0.05, 0.1) is 6.04 Å². The van der Waals surface area contributed by atoms with Crippen LogP contribution in [0.2, 0.25) is 0 Å². The molecule has 2 aromatic heterocycles. The number of fused-ring (bicyclic) bond motifs is 1. The first kappa shape index (κ1) is 23.9. The number of Topliss-reactive ketones (excluding diaryl/α,β-unsaturated/α-hetero) is 1. The highest BCUT2D eigenvalue weighted by molar-refractivity contribution is 5.81. The zero-order valence-corrected chi connectivity index (χ0v) is 21.1. The lowest BCUT2D eigenvalue weighted by atomic mass is 9.96. The largest absolute Gasteiger partial charge is 0.298 e. The summed E-state index contributed by atoms with van der Waals surface area (Å²) in [5.74, 6) is 0.677. The Labute approximate surface area is 210 Å². The van der Waals surface area contributed by atoms with Gasteiger partial charge >= 0.3 is 0 Å². The molecule has 8 nitrogen and oxygen atoms in total. The summed E-state index contributed by atoms with van der Waals surface area (Å²) in [6, 6.07) is 16.1. The van der Waals surface area contributed by atoms with Crippen LogP contribution in [0, 0.1) is 0 Å². The van der Waals surface area contributed by atoms with Crippen LogP contribution < -0.4 is 5.56 Å². The van der Waals surface area contributed by atoms with Gasteiger partial charge in [0.1, 0.15) is 6.04 Å². The summed E-state index contributed by atoms with van der Waals surface area (Å²) in [5, 5.41) is 14.5. The number of ketones is 1. The maximum atomic E-state index is 13.7. The Morgan fingerprint density at radius 2 is 1.81 bits per heavy atom. The normalized spacial score (nSPS) is 17.2. The van der Waals surface area contributed by atoms with Gasteiger partial charge in [-0.25, -0.2) is 4.68 Å². The Hall–Kier alpha value is -3.81. The smallest absolute Gasteiger partial charge is 0.270 e. The Bertz CT molecular complexity index is 1420. The molecule has 0 fully saturated rings. The fraction of sp³-hybridized carbons (Fsp3) is 0.393. The van der Waals surface area contributed by atoms with Crippen molar-refractivity contribution in [2.24, 2.45) is 0 Å². The molecule has 0 spiro atoms. The van der Waals surface area contributed by atoms with Crippen LogP contribution in [0.15, 0.2) is 53.3 Å². The van der Waals surface area contributed by atoms with Crippen molar-refractivity contribution >= 4 is 5.78 Å². The Morgan fingerprint density at radius 3 is 2.47 bits per heavy atom. The zero-order chi connectivity index (χ0) is 25.2. The average Bonchev–Trinajstić information content (AvgIpc) is 3.51. The Kier molecular flexibility index (Phi) is 6.67. The van der Waals surface area contributed by atoms with Gasteiger partial charge in [0, 0.05) is 23.2 Å². The highest BCUT2D eigenvalue weighted by atomic mass is 16.1. The van der Waals surface area contributed by atoms with Crippen molar-refractivity contribution < 1.29 is 4.79 Å². The Balaban J connectivity index is 1.51. The molecule has 0 amide bonds.